The lowest BCUT2D eigenvalue weighted by Gasteiger charge is -2.15. The molecule has 2 aromatic carbocycles. The first-order chi connectivity index (χ1) is 12.7. The van der Waals surface area contributed by atoms with Crippen molar-refractivity contribution in [3.05, 3.63) is 101 Å². The van der Waals surface area contributed by atoms with Gasteiger partial charge >= 0.3 is 0 Å². The highest BCUT2D eigenvalue weighted by atomic mass is 35.5. The van der Waals surface area contributed by atoms with Gasteiger partial charge < -0.3 is 0 Å². The third-order valence-corrected chi connectivity index (χ3v) is 4.63. The maximum Gasteiger partial charge on any atom is 0.292 e. The van der Waals surface area contributed by atoms with Crippen molar-refractivity contribution in [2.75, 3.05) is 6.54 Å². The zero-order valence-electron chi connectivity index (χ0n) is 13.9. The second kappa shape index (κ2) is 7.10. The third kappa shape index (κ3) is 3.24. The number of hydrogen-bond acceptors (Lipinski definition) is 3. The predicted molar refractivity (Wildman–Crippen MR) is 102 cm³/mol. The number of hydrogen-bond donors (Lipinski definition) is 0. The Kier molecular flexibility index (Phi) is 4.50. The number of rotatable bonds is 3. The van der Waals surface area contributed by atoms with Crippen molar-refractivity contribution < 1.29 is 4.79 Å². The number of benzene rings is 2. The molecule has 1 unspecified atom stereocenters. The van der Waals surface area contributed by atoms with Crippen molar-refractivity contribution in [3.63, 3.8) is 0 Å². The zero-order valence-corrected chi connectivity index (χ0v) is 14.7. The summed E-state index contributed by atoms with van der Waals surface area (Å²) in [4.78, 5) is 16.9. The van der Waals surface area contributed by atoms with Gasteiger partial charge in [0.1, 0.15) is 5.69 Å². The zero-order chi connectivity index (χ0) is 17.9. The van der Waals surface area contributed by atoms with Crippen LogP contribution in [-0.4, -0.2) is 28.2 Å². The van der Waals surface area contributed by atoms with Gasteiger partial charge in [-0.25, -0.2) is 5.01 Å². The Bertz CT molecular complexity index is 940. The monoisotopic (exact) mass is 361 g/mol. The van der Waals surface area contributed by atoms with Gasteiger partial charge in [-0.1, -0.05) is 60.1 Å². The molecule has 2 heterocycles. The average molecular weight is 362 g/mol. The molecule has 5 heteroatoms. The predicted octanol–water partition coefficient (Wildman–Crippen LogP) is 4.38. The molecule has 1 aromatic heterocycles. The maximum absolute atomic E-state index is 12.8. The van der Waals surface area contributed by atoms with E-state index in [1.807, 2.05) is 42.5 Å². The Balaban J connectivity index is 1.72. The Labute approximate surface area is 156 Å². The van der Waals surface area contributed by atoms with Crippen LogP contribution in [0.2, 0.25) is 5.02 Å². The van der Waals surface area contributed by atoms with Crippen LogP contribution >= 0.6 is 11.6 Å². The minimum absolute atomic E-state index is 0.00466. The van der Waals surface area contributed by atoms with Crippen molar-refractivity contribution in [1.82, 2.24) is 9.99 Å². The molecule has 128 valence electrons. The molecule has 0 radical (unpaired) electrons. The second-order valence-corrected chi connectivity index (χ2v) is 6.49. The van der Waals surface area contributed by atoms with Crippen molar-refractivity contribution in [2.24, 2.45) is 5.10 Å². The highest BCUT2D eigenvalue weighted by molar-refractivity contribution is 6.30. The van der Waals surface area contributed by atoms with E-state index in [1.165, 1.54) is 5.01 Å². The topological polar surface area (TPSA) is 45.6 Å². The van der Waals surface area contributed by atoms with Crippen LogP contribution in [0.15, 0.2) is 84.1 Å². The minimum atomic E-state index is -0.199. The Hall–Kier alpha value is -2.98. The maximum atomic E-state index is 12.8. The molecule has 0 aliphatic carbocycles. The van der Waals surface area contributed by atoms with Crippen LogP contribution in [0, 0.1) is 0 Å². The largest absolute Gasteiger partial charge is 0.292 e. The van der Waals surface area contributed by atoms with Gasteiger partial charge in [-0.2, -0.15) is 5.10 Å². The van der Waals surface area contributed by atoms with E-state index in [4.69, 9.17) is 11.6 Å². The van der Waals surface area contributed by atoms with Crippen LogP contribution in [0.1, 0.15) is 27.5 Å². The van der Waals surface area contributed by atoms with Crippen molar-refractivity contribution in [2.45, 2.75) is 5.92 Å². The summed E-state index contributed by atoms with van der Waals surface area (Å²) in [5.41, 5.74) is 3.33. The molecule has 1 atom stereocenters. The van der Waals surface area contributed by atoms with Crippen LogP contribution in [-0.2, 0) is 0 Å². The van der Waals surface area contributed by atoms with E-state index in [-0.39, 0.29) is 11.8 Å². The highest BCUT2D eigenvalue weighted by Gasteiger charge is 2.32. The minimum Gasteiger partial charge on any atom is -0.265 e. The van der Waals surface area contributed by atoms with E-state index in [9.17, 15) is 4.79 Å². The molecule has 0 N–H and O–H groups in total. The molecule has 4 rings (SSSR count). The smallest absolute Gasteiger partial charge is 0.265 e. The molecule has 0 fully saturated rings. The molecular weight excluding hydrogens is 346 g/mol. The molecule has 0 saturated carbocycles. The molecule has 1 aliphatic heterocycles. The van der Waals surface area contributed by atoms with Gasteiger partial charge in [0.25, 0.3) is 5.91 Å². The van der Waals surface area contributed by atoms with Gasteiger partial charge in [-0.05, 0) is 35.4 Å². The van der Waals surface area contributed by atoms with Crippen LogP contribution < -0.4 is 0 Å². The molecule has 26 heavy (non-hydrogen) atoms. The standard InChI is InChI=1S/C21H16ClN3O/c22-17-11-9-16(10-12-17)20-18(15-6-2-1-3-7-15)14-25(24-20)21(26)19-8-4-5-13-23-19/h1-13,18H,14H2. The van der Waals surface area contributed by atoms with E-state index < -0.39 is 0 Å². The summed E-state index contributed by atoms with van der Waals surface area (Å²) < 4.78 is 0. The first-order valence-corrected chi connectivity index (χ1v) is 8.72. The normalized spacial score (nSPS) is 16.4. The van der Waals surface area contributed by atoms with Crippen LogP contribution in [0.5, 0.6) is 0 Å². The number of hydrazone groups is 1. The molecule has 1 aliphatic rings. The van der Waals surface area contributed by atoms with E-state index in [2.05, 4.69) is 22.2 Å². The molecule has 0 bridgehead atoms. The van der Waals surface area contributed by atoms with Gasteiger partial charge in [0, 0.05) is 17.1 Å². The number of aromatic nitrogens is 1. The summed E-state index contributed by atoms with van der Waals surface area (Å²) in [5, 5.41) is 6.81. The molecule has 0 spiro atoms. The Morgan fingerprint density at radius 1 is 0.962 bits per heavy atom. The second-order valence-electron chi connectivity index (χ2n) is 6.06. The number of halogens is 1. The summed E-state index contributed by atoms with van der Waals surface area (Å²) in [6.07, 6.45) is 1.61. The number of nitrogens with zero attached hydrogens (tertiary/aromatic N) is 3. The number of pyridine rings is 1. The third-order valence-electron chi connectivity index (χ3n) is 4.37. The first-order valence-electron chi connectivity index (χ1n) is 8.34. The van der Waals surface area contributed by atoms with Crippen LogP contribution in [0.4, 0.5) is 0 Å². The van der Waals surface area contributed by atoms with Gasteiger partial charge in [0.15, 0.2) is 0 Å². The lowest BCUT2D eigenvalue weighted by atomic mass is 9.91. The van der Waals surface area contributed by atoms with Crippen molar-refractivity contribution in [1.29, 1.82) is 0 Å². The number of carbonyl (C=O) groups excluding carboxylic acids is 1. The van der Waals surface area contributed by atoms with Gasteiger partial charge in [0.2, 0.25) is 0 Å². The first kappa shape index (κ1) is 16.5. The lowest BCUT2D eigenvalue weighted by Crippen LogP contribution is -2.26. The number of carbonyl (C=O) groups is 1. The fourth-order valence-corrected chi connectivity index (χ4v) is 3.20. The fraction of sp³-hybridized carbons (Fsp3) is 0.0952. The van der Waals surface area contributed by atoms with E-state index in [1.54, 1.807) is 24.4 Å². The average Bonchev–Trinajstić information content (AvgIpc) is 3.15. The summed E-state index contributed by atoms with van der Waals surface area (Å²) >= 11 is 6.02. The SMILES string of the molecule is O=C(c1ccccn1)N1CC(c2ccccc2)C(c2ccc(Cl)cc2)=N1. The van der Waals surface area contributed by atoms with Gasteiger partial charge in [-0.15, -0.1) is 0 Å². The molecule has 3 aromatic rings. The van der Waals surface area contributed by atoms with Crippen molar-refractivity contribution in [3.8, 4) is 0 Å². The summed E-state index contributed by atoms with van der Waals surface area (Å²) in [6, 6.07) is 22.9. The molecular formula is C21H16ClN3O. The summed E-state index contributed by atoms with van der Waals surface area (Å²) in [7, 11) is 0. The van der Waals surface area contributed by atoms with Crippen LogP contribution in [0.25, 0.3) is 0 Å². The Morgan fingerprint density at radius 2 is 1.69 bits per heavy atom. The molecule has 4 nitrogen and oxygen atoms in total. The van der Waals surface area contributed by atoms with Gasteiger partial charge in [0.05, 0.1) is 12.3 Å². The fourth-order valence-electron chi connectivity index (χ4n) is 3.08. The van der Waals surface area contributed by atoms with Gasteiger partial charge in [-0.3, -0.25) is 9.78 Å². The quantitative estimate of drug-likeness (QED) is 0.695. The molecule has 1 amide bonds. The highest BCUT2D eigenvalue weighted by Crippen LogP contribution is 2.30. The van der Waals surface area contributed by atoms with E-state index in [0.717, 1.165) is 16.8 Å². The van der Waals surface area contributed by atoms with E-state index >= 15 is 0 Å². The van der Waals surface area contributed by atoms with Crippen LogP contribution in [0.3, 0.4) is 0 Å². The summed E-state index contributed by atoms with van der Waals surface area (Å²) in [6.45, 7) is 0.484. The summed E-state index contributed by atoms with van der Waals surface area (Å²) in [5.74, 6) is -0.194. The van der Waals surface area contributed by atoms with Crippen molar-refractivity contribution >= 4 is 23.2 Å². The number of amides is 1. The Morgan fingerprint density at radius 3 is 2.38 bits per heavy atom. The lowest BCUT2D eigenvalue weighted by molar-refractivity contribution is 0.0768. The molecule has 0 saturated heterocycles. The van der Waals surface area contributed by atoms with E-state index in [0.29, 0.717) is 17.3 Å².